The van der Waals surface area contributed by atoms with E-state index in [1.807, 2.05) is 25.1 Å². The van der Waals surface area contributed by atoms with Crippen molar-refractivity contribution in [3.63, 3.8) is 0 Å². The highest BCUT2D eigenvalue weighted by Crippen LogP contribution is 2.23. The van der Waals surface area contributed by atoms with Crippen molar-refractivity contribution >= 4 is 21.1 Å². The Kier molecular flexibility index (Phi) is 5.23. The molecule has 0 aliphatic heterocycles. The van der Waals surface area contributed by atoms with Gasteiger partial charge < -0.3 is 5.11 Å². The lowest BCUT2D eigenvalue weighted by molar-refractivity contribution is 0.156. The molecule has 7 nitrogen and oxygen atoms in total. The molecule has 1 heterocycles. The standard InChI is InChI=1S/C19H23N3O4S/c1-4-21-16-11-10-15(27(25,26)20(2)3)12-17(16)22(19(21)24)13-18(23)14-8-6-5-7-9-14/h5-12,18,23H,4,13H2,1-3H3/t18-/m0/s1. The van der Waals surface area contributed by atoms with Gasteiger partial charge in [-0.3, -0.25) is 9.13 Å². The van der Waals surface area contributed by atoms with Crippen LogP contribution < -0.4 is 5.69 Å². The number of nitrogens with zero attached hydrogens (tertiary/aromatic N) is 3. The topological polar surface area (TPSA) is 84.5 Å². The molecule has 0 aliphatic carbocycles. The van der Waals surface area contributed by atoms with E-state index in [2.05, 4.69) is 0 Å². The number of fused-ring (bicyclic) bond motifs is 1. The largest absolute Gasteiger partial charge is 0.387 e. The van der Waals surface area contributed by atoms with Crippen LogP contribution in [0.4, 0.5) is 0 Å². The van der Waals surface area contributed by atoms with Gasteiger partial charge in [-0.2, -0.15) is 0 Å². The lowest BCUT2D eigenvalue weighted by Gasteiger charge is -2.13. The number of rotatable bonds is 6. The van der Waals surface area contributed by atoms with Gasteiger partial charge in [0.15, 0.2) is 0 Å². The summed E-state index contributed by atoms with van der Waals surface area (Å²) in [5, 5.41) is 10.6. The molecule has 2 aromatic carbocycles. The molecule has 0 saturated heterocycles. The van der Waals surface area contributed by atoms with Crippen LogP contribution in [0.5, 0.6) is 0 Å². The lowest BCUT2D eigenvalue weighted by atomic mass is 10.1. The van der Waals surface area contributed by atoms with Crippen molar-refractivity contribution in [2.24, 2.45) is 0 Å². The van der Waals surface area contributed by atoms with E-state index in [1.54, 1.807) is 22.8 Å². The van der Waals surface area contributed by atoms with Crippen LogP contribution in [-0.4, -0.2) is 41.1 Å². The number of hydrogen-bond donors (Lipinski definition) is 1. The van der Waals surface area contributed by atoms with Gasteiger partial charge in [-0.05, 0) is 30.7 Å². The van der Waals surface area contributed by atoms with Gasteiger partial charge in [-0.1, -0.05) is 30.3 Å². The zero-order chi connectivity index (χ0) is 19.8. The fraction of sp³-hybridized carbons (Fsp3) is 0.316. The molecular formula is C19H23N3O4S. The molecule has 3 aromatic rings. The number of aromatic nitrogens is 2. The van der Waals surface area contributed by atoms with Crippen LogP contribution in [0.2, 0.25) is 0 Å². The maximum Gasteiger partial charge on any atom is 0.329 e. The van der Waals surface area contributed by atoms with Gasteiger partial charge in [0, 0.05) is 20.6 Å². The second kappa shape index (κ2) is 7.30. The van der Waals surface area contributed by atoms with E-state index in [9.17, 15) is 18.3 Å². The highest BCUT2D eigenvalue weighted by atomic mass is 32.2. The van der Waals surface area contributed by atoms with Crippen LogP contribution >= 0.6 is 0 Å². The summed E-state index contributed by atoms with van der Waals surface area (Å²) < 4.78 is 29.1. The molecule has 0 fully saturated rings. The summed E-state index contributed by atoms with van der Waals surface area (Å²) in [5.74, 6) is 0. The predicted molar refractivity (Wildman–Crippen MR) is 104 cm³/mol. The molecule has 0 aliphatic rings. The summed E-state index contributed by atoms with van der Waals surface area (Å²) in [4.78, 5) is 12.9. The molecule has 1 aromatic heterocycles. The Morgan fingerprint density at radius 1 is 1.04 bits per heavy atom. The normalized spacial score (nSPS) is 13.4. The Labute approximate surface area is 158 Å². The zero-order valence-electron chi connectivity index (χ0n) is 15.5. The first-order valence-corrected chi connectivity index (χ1v) is 10.1. The highest BCUT2D eigenvalue weighted by Gasteiger charge is 2.21. The van der Waals surface area contributed by atoms with Crippen molar-refractivity contribution in [3.8, 4) is 0 Å². The Morgan fingerprint density at radius 2 is 1.70 bits per heavy atom. The Morgan fingerprint density at radius 3 is 2.30 bits per heavy atom. The fourth-order valence-corrected chi connectivity index (χ4v) is 4.03. The van der Waals surface area contributed by atoms with Crippen molar-refractivity contribution < 1.29 is 13.5 Å². The second-order valence-corrected chi connectivity index (χ2v) is 8.65. The quantitative estimate of drug-likeness (QED) is 0.697. The third-order valence-corrected chi connectivity index (χ3v) is 6.44. The van der Waals surface area contributed by atoms with Gasteiger partial charge >= 0.3 is 5.69 Å². The summed E-state index contributed by atoms with van der Waals surface area (Å²) in [6, 6.07) is 13.7. The van der Waals surface area contributed by atoms with Gasteiger partial charge in [0.25, 0.3) is 0 Å². The first-order chi connectivity index (χ1) is 12.8. The third-order valence-electron chi connectivity index (χ3n) is 4.62. The van der Waals surface area contributed by atoms with Crippen LogP contribution in [0.25, 0.3) is 11.0 Å². The molecule has 1 N–H and O–H groups in total. The van der Waals surface area contributed by atoms with Crippen molar-refractivity contribution in [2.45, 2.75) is 31.0 Å². The molecule has 1 atom stereocenters. The average Bonchev–Trinajstić information content (AvgIpc) is 2.92. The van der Waals surface area contributed by atoms with Crippen LogP contribution in [0.1, 0.15) is 18.6 Å². The van der Waals surface area contributed by atoms with Crippen LogP contribution in [-0.2, 0) is 23.1 Å². The van der Waals surface area contributed by atoms with Gasteiger partial charge in [0.1, 0.15) is 0 Å². The number of imidazole rings is 1. The molecule has 3 rings (SSSR count). The number of benzene rings is 2. The van der Waals surface area contributed by atoms with Crippen molar-refractivity contribution in [1.29, 1.82) is 0 Å². The number of aliphatic hydroxyl groups is 1. The SMILES string of the molecule is CCn1c(=O)n(C[C@H](O)c2ccccc2)c2cc(S(=O)(=O)N(C)C)ccc21. The third kappa shape index (κ3) is 3.43. The number of aliphatic hydroxyl groups excluding tert-OH is 1. The molecule has 0 spiro atoms. The van der Waals surface area contributed by atoms with E-state index < -0.39 is 16.1 Å². The van der Waals surface area contributed by atoms with E-state index in [-0.39, 0.29) is 17.1 Å². The summed E-state index contributed by atoms with van der Waals surface area (Å²) in [6.07, 6.45) is -0.881. The Bertz CT molecular complexity index is 1120. The molecule has 0 amide bonds. The average molecular weight is 389 g/mol. The number of sulfonamides is 1. The minimum Gasteiger partial charge on any atom is -0.387 e. The predicted octanol–water partition coefficient (Wildman–Crippen LogP) is 1.81. The molecule has 0 saturated carbocycles. The van der Waals surface area contributed by atoms with Crippen LogP contribution in [0.15, 0.2) is 58.2 Å². The van der Waals surface area contributed by atoms with Crippen LogP contribution in [0.3, 0.4) is 0 Å². The fourth-order valence-electron chi connectivity index (χ4n) is 3.11. The Hall–Kier alpha value is -2.42. The lowest BCUT2D eigenvalue weighted by Crippen LogP contribution is -2.26. The minimum atomic E-state index is -3.63. The molecule has 27 heavy (non-hydrogen) atoms. The maximum absolute atomic E-state index is 12.8. The van der Waals surface area contributed by atoms with E-state index in [4.69, 9.17) is 0 Å². The molecule has 0 unspecified atom stereocenters. The summed E-state index contributed by atoms with van der Waals surface area (Å²) >= 11 is 0. The smallest absolute Gasteiger partial charge is 0.329 e. The van der Waals surface area contributed by atoms with Gasteiger partial charge in [0.05, 0.1) is 28.6 Å². The van der Waals surface area contributed by atoms with E-state index >= 15 is 0 Å². The Balaban J connectivity index is 2.16. The van der Waals surface area contributed by atoms with Gasteiger partial charge in [0.2, 0.25) is 10.0 Å². The number of aryl methyl sites for hydroxylation is 1. The van der Waals surface area contributed by atoms with Gasteiger partial charge in [-0.15, -0.1) is 0 Å². The number of hydrogen-bond acceptors (Lipinski definition) is 4. The van der Waals surface area contributed by atoms with Crippen LogP contribution in [0, 0.1) is 0 Å². The molecular weight excluding hydrogens is 366 g/mol. The minimum absolute atomic E-state index is 0.0395. The highest BCUT2D eigenvalue weighted by molar-refractivity contribution is 7.89. The monoisotopic (exact) mass is 389 g/mol. The molecule has 0 radical (unpaired) electrons. The van der Waals surface area contributed by atoms with Gasteiger partial charge in [-0.25, -0.2) is 17.5 Å². The maximum atomic E-state index is 12.8. The van der Waals surface area contributed by atoms with E-state index in [0.29, 0.717) is 23.1 Å². The zero-order valence-corrected chi connectivity index (χ0v) is 16.3. The van der Waals surface area contributed by atoms with Crippen molar-refractivity contribution in [3.05, 3.63) is 64.6 Å². The summed E-state index contributed by atoms with van der Waals surface area (Å²) in [5.41, 5.74) is 1.54. The van der Waals surface area contributed by atoms with Crippen molar-refractivity contribution in [2.75, 3.05) is 14.1 Å². The molecule has 8 heteroatoms. The first-order valence-electron chi connectivity index (χ1n) is 8.66. The molecule has 0 bridgehead atoms. The first kappa shape index (κ1) is 19.3. The molecule has 144 valence electrons. The summed E-state index contributed by atoms with van der Waals surface area (Å²) in [7, 11) is -0.707. The van der Waals surface area contributed by atoms with E-state index in [1.165, 1.54) is 30.8 Å². The van der Waals surface area contributed by atoms with Crippen molar-refractivity contribution in [1.82, 2.24) is 13.4 Å². The summed E-state index contributed by atoms with van der Waals surface area (Å²) in [6.45, 7) is 2.34. The van der Waals surface area contributed by atoms with E-state index in [0.717, 1.165) is 4.31 Å². The second-order valence-electron chi connectivity index (χ2n) is 6.50.